The second-order valence-electron chi connectivity index (χ2n) is 2.58. The molecule has 0 aliphatic carbocycles. The van der Waals surface area contributed by atoms with Crippen LogP contribution in [0.4, 0.5) is 9.80 Å². The molecule has 0 atom stereocenters. The largest absolute Gasteiger partial charge is 0.478 e. The van der Waals surface area contributed by atoms with Gasteiger partial charge >= 0.3 is 12.0 Å². The van der Waals surface area contributed by atoms with Crippen molar-refractivity contribution >= 4 is 28.3 Å². The molecule has 6 nitrogen and oxygen atoms in total. The number of nitrogens with zero attached hydrogens (tertiary/aromatic N) is 1. The smallest absolute Gasteiger partial charge is 0.346 e. The molecule has 0 aliphatic rings. The number of carboxylic acids is 1. The predicted octanol–water partition coefficient (Wildman–Crippen LogP) is 1.47. The van der Waals surface area contributed by atoms with Crippen LogP contribution in [0.25, 0.3) is 0 Å². The van der Waals surface area contributed by atoms with Gasteiger partial charge in [-0.05, 0) is 11.4 Å². The maximum atomic E-state index is 11.3. The van der Waals surface area contributed by atoms with Crippen LogP contribution >= 0.6 is 11.3 Å². The van der Waals surface area contributed by atoms with Gasteiger partial charge in [-0.3, -0.25) is 10.2 Å². The summed E-state index contributed by atoms with van der Waals surface area (Å²) >= 11 is 1.14. The predicted molar refractivity (Wildman–Crippen MR) is 55.1 cm³/mol. The molecule has 0 radical (unpaired) electrons. The van der Waals surface area contributed by atoms with Crippen molar-refractivity contribution in [2.75, 3.05) is 19.5 Å². The van der Waals surface area contributed by atoms with Crippen molar-refractivity contribution < 1.29 is 19.5 Å². The second-order valence-corrected chi connectivity index (χ2v) is 3.49. The third-order valence-electron chi connectivity index (χ3n) is 1.68. The zero-order chi connectivity index (χ0) is 11.4. The average Bonchev–Trinajstić information content (AvgIpc) is 2.64. The van der Waals surface area contributed by atoms with Gasteiger partial charge < -0.3 is 5.11 Å². The van der Waals surface area contributed by atoms with Crippen LogP contribution in [0.1, 0.15) is 10.4 Å². The number of urea groups is 1. The third-order valence-corrected chi connectivity index (χ3v) is 2.51. The molecule has 0 aromatic carbocycles. The van der Waals surface area contributed by atoms with Crippen LogP contribution in [0.2, 0.25) is 0 Å². The molecule has 2 N–H and O–H groups in total. The molecule has 1 aromatic rings. The number of hydroxylamine groups is 2. The van der Waals surface area contributed by atoms with E-state index in [2.05, 4.69) is 10.2 Å². The van der Waals surface area contributed by atoms with Crippen LogP contribution in [0.3, 0.4) is 0 Å². The Morgan fingerprint density at radius 1 is 1.60 bits per heavy atom. The lowest BCUT2D eigenvalue weighted by Crippen LogP contribution is -2.30. The van der Waals surface area contributed by atoms with Crippen molar-refractivity contribution in [1.82, 2.24) is 5.06 Å². The maximum absolute atomic E-state index is 11.3. The van der Waals surface area contributed by atoms with Gasteiger partial charge in [-0.2, -0.15) is 0 Å². The van der Waals surface area contributed by atoms with E-state index >= 15 is 0 Å². The fourth-order valence-electron chi connectivity index (χ4n) is 0.833. The van der Waals surface area contributed by atoms with Gasteiger partial charge in [0.1, 0.15) is 5.00 Å². The Hall–Kier alpha value is -1.60. The lowest BCUT2D eigenvalue weighted by molar-refractivity contribution is -0.0597. The number of thiophene rings is 1. The number of aromatic carboxylic acids is 1. The summed E-state index contributed by atoms with van der Waals surface area (Å²) in [6, 6.07) is 0.900. The van der Waals surface area contributed by atoms with Gasteiger partial charge in [-0.15, -0.1) is 11.3 Å². The molecule has 0 bridgehead atoms. The van der Waals surface area contributed by atoms with E-state index in [0.717, 1.165) is 16.4 Å². The van der Waals surface area contributed by atoms with Crippen LogP contribution < -0.4 is 5.32 Å². The first-order chi connectivity index (χ1) is 7.06. The Balaban J connectivity index is 2.76. The van der Waals surface area contributed by atoms with Crippen molar-refractivity contribution in [3.63, 3.8) is 0 Å². The van der Waals surface area contributed by atoms with E-state index in [1.807, 2.05) is 0 Å². The van der Waals surface area contributed by atoms with E-state index in [4.69, 9.17) is 5.11 Å². The van der Waals surface area contributed by atoms with Crippen LogP contribution in [0.15, 0.2) is 11.4 Å². The molecule has 0 aliphatic heterocycles. The molecular weight excluding hydrogens is 220 g/mol. The zero-order valence-electron chi connectivity index (χ0n) is 8.18. The molecule has 82 valence electrons. The fraction of sp³-hybridized carbons (Fsp3) is 0.250. The summed E-state index contributed by atoms with van der Waals surface area (Å²) in [5.41, 5.74) is 0.0675. The minimum absolute atomic E-state index is 0.0675. The van der Waals surface area contributed by atoms with Gasteiger partial charge in [0, 0.05) is 7.05 Å². The molecule has 0 spiro atoms. The molecule has 7 heteroatoms. The quantitative estimate of drug-likeness (QED) is 0.771. The minimum atomic E-state index is -1.08. The molecule has 0 unspecified atom stereocenters. The standard InChI is InChI=1S/C8H10N2O4S/c1-10(14-2)8(13)9-6-5(7(11)12)3-4-15-6/h3-4H,1-2H3,(H,9,13)(H,11,12). The lowest BCUT2D eigenvalue weighted by atomic mass is 10.3. The number of hydrogen-bond donors (Lipinski definition) is 2. The molecule has 2 amide bonds. The normalized spacial score (nSPS) is 9.73. The highest BCUT2D eigenvalue weighted by atomic mass is 32.1. The summed E-state index contributed by atoms with van der Waals surface area (Å²) in [5, 5.41) is 14.0. The first-order valence-corrected chi connectivity index (χ1v) is 4.83. The molecule has 0 fully saturated rings. The summed E-state index contributed by atoms with van der Waals surface area (Å²) < 4.78 is 0. The van der Waals surface area contributed by atoms with Gasteiger partial charge in [0.25, 0.3) is 0 Å². The molecule has 1 rings (SSSR count). The van der Waals surface area contributed by atoms with Gasteiger partial charge in [-0.1, -0.05) is 0 Å². The van der Waals surface area contributed by atoms with E-state index in [1.165, 1.54) is 20.2 Å². The monoisotopic (exact) mass is 230 g/mol. The van der Waals surface area contributed by atoms with E-state index < -0.39 is 12.0 Å². The first-order valence-electron chi connectivity index (χ1n) is 3.96. The summed E-state index contributed by atoms with van der Waals surface area (Å²) in [7, 11) is 2.76. The molecular formula is C8H10N2O4S. The Kier molecular flexibility index (Phi) is 3.64. The van der Waals surface area contributed by atoms with E-state index in [0.29, 0.717) is 0 Å². The SMILES string of the molecule is CON(C)C(=O)Nc1sccc1C(=O)O. The van der Waals surface area contributed by atoms with Crippen LogP contribution in [0, 0.1) is 0 Å². The van der Waals surface area contributed by atoms with Crippen LogP contribution in [0.5, 0.6) is 0 Å². The van der Waals surface area contributed by atoms with Crippen LogP contribution in [-0.4, -0.2) is 36.3 Å². The molecule has 15 heavy (non-hydrogen) atoms. The number of rotatable bonds is 3. The van der Waals surface area contributed by atoms with Crippen molar-refractivity contribution in [1.29, 1.82) is 0 Å². The van der Waals surface area contributed by atoms with Crippen molar-refractivity contribution in [3.05, 3.63) is 17.0 Å². The zero-order valence-corrected chi connectivity index (χ0v) is 9.00. The Labute approximate surface area is 90.0 Å². The van der Waals surface area contributed by atoms with E-state index in [9.17, 15) is 9.59 Å². The Morgan fingerprint density at radius 3 is 2.80 bits per heavy atom. The topological polar surface area (TPSA) is 78.9 Å². The molecule has 0 saturated heterocycles. The highest BCUT2D eigenvalue weighted by molar-refractivity contribution is 7.14. The van der Waals surface area contributed by atoms with Gasteiger partial charge in [0.2, 0.25) is 0 Å². The number of amides is 2. The number of carbonyl (C=O) groups excluding carboxylic acids is 1. The third kappa shape index (κ3) is 2.67. The molecule has 0 saturated carbocycles. The van der Waals surface area contributed by atoms with Crippen LogP contribution in [-0.2, 0) is 4.84 Å². The van der Waals surface area contributed by atoms with E-state index in [-0.39, 0.29) is 10.6 Å². The highest BCUT2D eigenvalue weighted by Crippen LogP contribution is 2.23. The summed E-state index contributed by atoms with van der Waals surface area (Å²) in [4.78, 5) is 26.7. The lowest BCUT2D eigenvalue weighted by Gasteiger charge is -2.13. The fourth-order valence-corrected chi connectivity index (χ4v) is 1.60. The Morgan fingerprint density at radius 2 is 2.27 bits per heavy atom. The van der Waals surface area contributed by atoms with Crippen molar-refractivity contribution in [2.24, 2.45) is 0 Å². The minimum Gasteiger partial charge on any atom is -0.478 e. The van der Waals surface area contributed by atoms with Gasteiger partial charge in [-0.25, -0.2) is 14.7 Å². The first kappa shape index (κ1) is 11.5. The summed E-state index contributed by atoms with van der Waals surface area (Å²) in [5.74, 6) is -1.08. The average molecular weight is 230 g/mol. The molecule has 1 heterocycles. The Bertz CT molecular complexity index is 376. The molecule has 1 aromatic heterocycles. The second kappa shape index (κ2) is 4.76. The van der Waals surface area contributed by atoms with E-state index in [1.54, 1.807) is 5.38 Å². The van der Waals surface area contributed by atoms with Crippen molar-refractivity contribution in [2.45, 2.75) is 0 Å². The van der Waals surface area contributed by atoms with Gasteiger partial charge in [0.15, 0.2) is 0 Å². The number of nitrogens with one attached hydrogen (secondary N) is 1. The summed E-state index contributed by atoms with van der Waals surface area (Å²) in [6.45, 7) is 0. The number of anilines is 1. The highest BCUT2D eigenvalue weighted by Gasteiger charge is 2.15. The van der Waals surface area contributed by atoms with Gasteiger partial charge in [0.05, 0.1) is 12.7 Å². The summed E-state index contributed by atoms with van der Waals surface area (Å²) in [6.07, 6.45) is 0. The number of carbonyl (C=O) groups is 2. The number of hydrogen-bond acceptors (Lipinski definition) is 4. The van der Waals surface area contributed by atoms with Crippen molar-refractivity contribution in [3.8, 4) is 0 Å². The number of carboxylic acid groups (broad SMARTS) is 1. The maximum Gasteiger partial charge on any atom is 0.346 e.